The van der Waals surface area contributed by atoms with Crippen molar-refractivity contribution >= 4 is 17.5 Å². The van der Waals surface area contributed by atoms with Gasteiger partial charge in [0, 0.05) is 23.5 Å². The Hall–Kier alpha value is -3.62. The minimum absolute atomic E-state index is 0.0458. The van der Waals surface area contributed by atoms with E-state index in [2.05, 4.69) is 10.3 Å². The van der Waals surface area contributed by atoms with Crippen LogP contribution in [-0.2, 0) is 11.8 Å². The summed E-state index contributed by atoms with van der Waals surface area (Å²) >= 11 is 6.42. The smallest absolute Gasteiger partial charge is 0.384 e. The Labute approximate surface area is 223 Å². The topological polar surface area (TPSA) is 67.2 Å². The Kier molecular flexibility index (Phi) is 7.41. The van der Waals surface area contributed by atoms with Gasteiger partial charge in [0.2, 0.25) is 0 Å². The first-order valence-corrected chi connectivity index (χ1v) is 12.3. The average Bonchev–Trinajstić information content (AvgIpc) is 3.29. The van der Waals surface area contributed by atoms with Gasteiger partial charge in [-0.3, -0.25) is 9.36 Å². The van der Waals surface area contributed by atoms with Crippen molar-refractivity contribution in [1.82, 2.24) is 14.9 Å². The van der Waals surface area contributed by atoms with Gasteiger partial charge in [0.25, 0.3) is 5.91 Å². The molecule has 4 rings (SSSR count). The fraction of sp³-hybridized carbons (Fsp3) is 0.241. The molecule has 198 valence electrons. The van der Waals surface area contributed by atoms with Gasteiger partial charge in [0.1, 0.15) is 11.4 Å². The van der Waals surface area contributed by atoms with Gasteiger partial charge < -0.3 is 10.4 Å². The van der Waals surface area contributed by atoms with Crippen LogP contribution in [0.4, 0.5) is 13.2 Å². The molecule has 1 heterocycles. The van der Waals surface area contributed by atoms with E-state index in [0.29, 0.717) is 11.3 Å². The van der Waals surface area contributed by atoms with Gasteiger partial charge in [-0.1, -0.05) is 48.0 Å². The molecular weight excluding hydrogens is 515 g/mol. The monoisotopic (exact) mass is 541 g/mol. The SMILES string of the molecule is CC(C)NC(=O)c1ccc(-c2cccc(-n3cc(C(C)(C)O)nc3-c3ccccc3C(F)(F)F)c2)cc1Cl. The maximum absolute atomic E-state index is 13.9. The van der Waals surface area contributed by atoms with Crippen LogP contribution in [0, 0.1) is 0 Å². The zero-order valence-corrected chi connectivity index (χ0v) is 22.0. The Balaban J connectivity index is 1.83. The summed E-state index contributed by atoms with van der Waals surface area (Å²) in [5.41, 5.74) is 0.234. The highest BCUT2D eigenvalue weighted by atomic mass is 35.5. The molecule has 1 aromatic heterocycles. The van der Waals surface area contributed by atoms with E-state index >= 15 is 0 Å². The molecule has 4 aromatic rings. The second kappa shape index (κ2) is 10.3. The summed E-state index contributed by atoms with van der Waals surface area (Å²) in [5.74, 6) is -0.234. The van der Waals surface area contributed by atoms with Crippen LogP contribution in [0.1, 0.15) is 49.3 Å². The third kappa shape index (κ3) is 5.76. The molecule has 1 amide bonds. The van der Waals surface area contributed by atoms with Crippen LogP contribution in [0.2, 0.25) is 5.02 Å². The molecule has 9 heteroatoms. The van der Waals surface area contributed by atoms with Crippen LogP contribution >= 0.6 is 11.6 Å². The first kappa shape index (κ1) is 27.4. The van der Waals surface area contributed by atoms with E-state index in [4.69, 9.17) is 11.6 Å². The maximum Gasteiger partial charge on any atom is 0.417 e. The summed E-state index contributed by atoms with van der Waals surface area (Å²) in [4.78, 5) is 16.8. The van der Waals surface area contributed by atoms with Crippen molar-refractivity contribution in [3.8, 4) is 28.2 Å². The van der Waals surface area contributed by atoms with Crippen LogP contribution in [0.3, 0.4) is 0 Å². The number of amides is 1. The molecule has 0 aliphatic heterocycles. The van der Waals surface area contributed by atoms with E-state index in [-0.39, 0.29) is 34.1 Å². The highest BCUT2D eigenvalue weighted by Gasteiger charge is 2.35. The number of nitrogens with one attached hydrogen (secondary N) is 1. The van der Waals surface area contributed by atoms with Gasteiger partial charge in [-0.25, -0.2) is 4.98 Å². The van der Waals surface area contributed by atoms with Gasteiger partial charge in [-0.15, -0.1) is 0 Å². The second-order valence-corrected chi connectivity index (χ2v) is 10.2. The summed E-state index contributed by atoms with van der Waals surface area (Å²) in [6.45, 7) is 6.75. The zero-order chi connectivity index (χ0) is 27.8. The quantitative estimate of drug-likeness (QED) is 0.270. The van der Waals surface area contributed by atoms with Gasteiger partial charge in [-0.05, 0) is 69.2 Å². The number of carbonyl (C=O) groups is 1. The molecular formula is C29H27ClF3N3O2. The summed E-state index contributed by atoms with van der Waals surface area (Å²) in [6.07, 6.45) is -3.06. The molecule has 2 N–H and O–H groups in total. The standard InChI is InChI=1S/C29H27ClF3N3O2/c1-17(2)34-27(37)22-13-12-19(15-24(22)30)18-8-7-9-20(14-18)36-16-25(28(3,4)38)35-26(36)21-10-5-6-11-23(21)29(31,32)33/h5-17,38H,1-4H3,(H,34,37). The number of hydrogen-bond acceptors (Lipinski definition) is 3. The predicted octanol–water partition coefficient (Wildman–Crippen LogP) is 7.24. The minimum Gasteiger partial charge on any atom is -0.384 e. The van der Waals surface area contributed by atoms with E-state index < -0.39 is 17.3 Å². The van der Waals surface area contributed by atoms with Crippen LogP contribution in [0.5, 0.6) is 0 Å². The number of halogens is 4. The fourth-order valence-corrected chi connectivity index (χ4v) is 4.31. The van der Waals surface area contributed by atoms with Crippen molar-refractivity contribution in [3.63, 3.8) is 0 Å². The number of imidazole rings is 1. The number of aromatic nitrogens is 2. The number of carbonyl (C=O) groups excluding carboxylic acids is 1. The summed E-state index contributed by atoms with van der Waals surface area (Å²) < 4.78 is 43.1. The molecule has 0 bridgehead atoms. The summed E-state index contributed by atoms with van der Waals surface area (Å²) in [7, 11) is 0. The molecule has 0 saturated carbocycles. The molecule has 0 atom stereocenters. The normalized spacial score (nSPS) is 12.2. The number of nitrogens with zero attached hydrogens (tertiary/aromatic N) is 2. The van der Waals surface area contributed by atoms with Gasteiger partial charge >= 0.3 is 6.18 Å². The molecule has 0 radical (unpaired) electrons. The molecule has 0 aliphatic carbocycles. The highest BCUT2D eigenvalue weighted by molar-refractivity contribution is 6.34. The number of alkyl halides is 3. The van der Waals surface area contributed by atoms with Gasteiger partial charge in [-0.2, -0.15) is 13.2 Å². The van der Waals surface area contributed by atoms with E-state index in [1.807, 2.05) is 19.9 Å². The van der Waals surface area contributed by atoms with Gasteiger partial charge in [0.05, 0.1) is 21.8 Å². The Bertz CT molecular complexity index is 1490. The van der Waals surface area contributed by atoms with E-state index in [0.717, 1.165) is 17.2 Å². The summed E-state index contributed by atoms with van der Waals surface area (Å²) in [5, 5.41) is 13.7. The maximum atomic E-state index is 13.9. The molecule has 38 heavy (non-hydrogen) atoms. The van der Waals surface area contributed by atoms with Crippen molar-refractivity contribution < 1.29 is 23.1 Å². The Morgan fingerprint density at radius 3 is 2.32 bits per heavy atom. The largest absolute Gasteiger partial charge is 0.417 e. The third-order valence-electron chi connectivity index (χ3n) is 5.90. The lowest BCUT2D eigenvalue weighted by Gasteiger charge is -2.15. The van der Waals surface area contributed by atoms with E-state index in [9.17, 15) is 23.1 Å². The number of benzene rings is 3. The van der Waals surface area contributed by atoms with Crippen LogP contribution < -0.4 is 5.32 Å². The van der Waals surface area contributed by atoms with E-state index in [1.165, 1.54) is 42.8 Å². The average molecular weight is 542 g/mol. The molecule has 0 spiro atoms. The molecule has 5 nitrogen and oxygen atoms in total. The van der Waals surface area contributed by atoms with Crippen LogP contribution in [-0.4, -0.2) is 26.6 Å². The number of aliphatic hydroxyl groups is 1. The lowest BCUT2D eigenvalue weighted by Crippen LogP contribution is -2.30. The predicted molar refractivity (Wildman–Crippen MR) is 142 cm³/mol. The fourth-order valence-electron chi connectivity index (χ4n) is 4.04. The van der Waals surface area contributed by atoms with Crippen LogP contribution in [0.15, 0.2) is 72.9 Å². The van der Waals surface area contributed by atoms with Crippen molar-refractivity contribution in [2.75, 3.05) is 0 Å². The third-order valence-corrected chi connectivity index (χ3v) is 6.21. The number of hydrogen-bond donors (Lipinski definition) is 2. The molecule has 0 aliphatic rings. The lowest BCUT2D eigenvalue weighted by molar-refractivity contribution is -0.137. The molecule has 0 saturated heterocycles. The summed E-state index contributed by atoms with van der Waals surface area (Å²) in [6, 6.07) is 17.4. The Morgan fingerprint density at radius 2 is 1.68 bits per heavy atom. The lowest BCUT2D eigenvalue weighted by atomic mass is 10.0. The minimum atomic E-state index is -4.59. The highest BCUT2D eigenvalue weighted by Crippen LogP contribution is 2.38. The van der Waals surface area contributed by atoms with Crippen molar-refractivity contribution in [2.45, 2.75) is 45.5 Å². The number of rotatable bonds is 6. The first-order chi connectivity index (χ1) is 17.8. The second-order valence-electron chi connectivity index (χ2n) is 9.80. The van der Waals surface area contributed by atoms with Gasteiger partial charge in [0.15, 0.2) is 0 Å². The van der Waals surface area contributed by atoms with Crippen molar-refractivity contribution in [2.24, 2.45) is 0 Å². The van der Waals surface area contributed by atoms with Crippen LogP contribution in [0.25, 0.3) is 28.2 Å². The molecule has 0 unspecified atom stereocenters. The molecule has 0 fully saturated rings. The van der Waals surface area contributed by atoms with E-state index in [1.54, 1.807) is 36.4 Å². The molecule has 3 aromatic carbocycles. The van der Waals surface area contributed by atoms with Crippen molar-refractivity contribution in [1.29, 1.82) is 0 Å². The zero-order valence-electron chi connectivity index (χ0n) is 21.3. The Morgan fingerprint density at radius 1 is 1.00 bits per heavy atom. The van der Waals surface area contributed by atoms with Crippen molar-refractivity contribution in [3.05, 3.63) is 94.8 Å². The first-order valence-electron chi connectivity index (χ1n) is 12.0.